The monoisotopic (exact) mass is 306 g/mol. The highest BCUT2D eigenvalue weighted by Crippen LogP contribution is 2.08. The summed E-state index contributed by atoms with van der Waals surface area (Å²) >= 11 is 0. The van der Waals surface area contributed by atoms with Gasteiger partial charge in [0.1, 0.15) is 0 Å². The Bertz CT molecular complexity index is 333. The highest BCUT2D eigenvalue weighted by molar-refractivity contribution is 5.65. The number of hydrogen-bond donors (Lipinski definition) is 0. The van der Waals surface area contributed by atoms with Gasteiger partial charge >= 0.3 is 5.97 Å². The summed E-state index contributed by atoms with van der Waals surface area (Å²) < 4.78 is 4.86. The molecule has 2 nitrogen and oxygen atoms in total. The highest BCUT2D eigenvalue weighted by Gasteiger charge is 1.91. The second kappa shape index (κ2) is 17.8. The Labute approximate surface area is 137 Å². The van der Waals surface area contributed by atoms with Gasteiger partial charge in [0.2, 0.25) is 0 Å². The highest BCUT2D eigenvalue weighted by atomic mass is 16.5. The Kier molecular flexibility index (Phi) is 16.8. The molecule has 0 atom stereocenters. The fourth-order valence-corrected chi connectivity index (χ4v) is 2.13. The van der Waals surface area contributed by atoms with Crippen molar-refractivity contribution in [2.24, 2.45) is 0 Å². The number of ether oxygens (including phenoxy) is 1. The Morgan fingerprint density at radius 3 is 2.14 bits per heavy atom. The first-order chi connectivity index (χ1) is 10.8. The van der Waals surface area contributed by atoms with E-state index in [2.05, 4.69) is 30.9 Å². The van der Waals surface area contributed by atoms with E-state index < -0.39 is 0 Å². The predicted molar refractivity (Wildman–Crippen MR) is 94.6 cm³/mol. The molecule has 0 aliphatic heterocycles. The van der Waals surface area contributed by atoms with Crippen molar-refractivity contribution in [3.8, 4) is 11.8 Å². The molecular weight excluding hydrogens is 272 g/mol. The van der Waals surface area contributed by atoms with Crippen molar-refractivity contribution < 1.29 is 9.53 Å². The van der Waals surface area contributed by atoms with Gasteiger partial charge in [-0.15, -0.1) is 11.8 Å². The molecule has 0 bridgehead atoms. The first-order valence-electron chi connectivity index (χ1n) is 9.01. The molecule has 0 aromatic rings. The molecule has 2 heteroatoms. The van der Waals surface area contributed by atoms with Crippen molar-refractivity contribution in [3.05, 3.63) is 12.2 Å². The zero-order chi connectivity index (χ0) is 16.3. The lowest BCUT2D eigenvalue weighted by Gasteiger charge is -1.99. The van der Waals surface area contributed by atoms with Crippen LogP contribution in [-0.4, -0.2) is 12.6 Å². The van der Waals surface area contributed by atoms with E-state index in [0.717, 1.165) is 25.7 Å². The van der Waals surface area contributed by atoms with Crippen molar-refractivity contribution in [1.82, 2.24) is 0 Å². The molecule has 0 N–H and O–H groups in total. The third-order valence-corrected chi connectivity index (χ3v) is 3.46. The molecular formula is C20H34O2. The summed E-state index contributed by atoms with van der Waals surface area (Å²) in [5.41, 5.74) is 0. The Hall–Kier alpha value is -1.23. The SMILES string of the molecule is CCCCC#CCCCCCCCC/C=C/CCOC(C)=O. The van der Waals surface area contributed by atoms with Crippen LogP contribution in [-0.2, 0) is 9.53 Å². The van der Waals surface area contributed by atoms with Gasteiger partial charge in [-0.25, -0.2) is 0 Å². The van der Waals surface area contributed by atoms with Crippen LogP contribution in [0.15, 0.2) is 12.2 Å². The summed E-state index contributed by atoms with van der Waals surface area (Å²) in [6.07, 6.45) is 18.8. The molecule has 0 heterocycles. The second-order valence-electron chi connectivity index (χ2n) is 5.72. The molecule has 126 valence electrons. The van der Waals surface area contributed by atoms with Crippen LogP contribution in [0.3, 0.4) is 0 Å². The van der Waals surface area contributed by atoms with Crippen LogP contribution < -0.4 is 0 Å². The van der Waals surface area contributed by atoms with Crippen LogP contribution in [0.4, 0.5) is 0 Å². The largest absolute Gasteiger partial charge is 0.466 e. The minimum absolute atomic E-state index is 0.194. The molecule has 0 amide bonds. The van der Waals surface area contributed by atoms with E-state index in [1.54, 1.807) is 0 Å². The molecule has 0 fully saturated rings. The maximum Gasteiger partial charge on any atom is 0.302 e. The second-order valence-corrected chi connectivity index (χ2v) is 5.72. The number of rotatable bonds is 13. The molecule has 0 aromatic carbocycles. The minimum Gasteiger partial charge on any atom is -0.466 e. The van der Waals surface area contributed by atoms with Gasteiger partial charge in [-0.1, -0.05) is 51.2 Å². The van der Waals surface area contributed by atoms with Crippen LogP contribution in [0, 0.1) is 11.8 Å². The first-order valence-corrected chi connectivity index (χ1v) is 9.01. The van der Waals surface area contributed by atoms with Gasteiger partial charge in [0, 0.05) is 19.8 Å². The molecule has 22 heavy (non-hydrogen) atoms. The lowest BCUT2D eigenvalue weighted by molar-refractivity contribution is -0.140. The summed E-state index contributed by atoms with van der Waals surface area (Å²) in [5, 5.41) is 0. The van der Waals surface area contributed by atoms with Crippen molar-refractivity contribution >= 4 is 5.97 Å². The summed E-state index contributed by atoms with van der Waals surface area (Å²) in [6, 6.07) is 0. The van der Waals surface area contributed by atoms with Crippen molar-refractivity contribution in [1.29, 1.82) is 0 Å². The molecule has 0 spiro atoms. The van der Waals surface area contributed by atoms with Crippen LogP contribution in [0.25, 0.3) is 0 Å². The van der Waals surface area contributed by atoms with E-state index in [1.165, 1.54) is 58.3 Å². The van der Waals surface area contributed by atoms with Crippen LogP contribution in [0.1, 0.15) is 90.9 Å². The molecule has 0 saturated carbocycles. The minimum atomic E-state index is -0.194. The smallest absolute Gasteiger partial charge is 0.302 e. The van der Waals surface area contributed by atoms with Crippen LogP contribution in [0.5, 0.6) is 0 Å². The number of carbonyl (C=O) groups is 1. The van der Waals surface area contributed by atoms with Crippen molar-refractivity contribution in [2.75, 3.05) is 6.61 Å². The molecule has 0 aliphatic rings. The molecule has 0 unspecified atom stereocenters. The fraction of sp³-hybridized carbons (Fsp3) is 0.750. The van der Waals surface area contributed by atoms with Gasteiger partial charge in [-0.3, -0.25) is 4.79 Å². The Morgan fingerprint density at radius 2 is 1.45 bits per heavy atom. The van der Waals surface area contributed by atoms with Gasteiger partial charge in [-0.2, -0.15) is 0 Å². The lowest BCUT2D eigenvalue weighted by Crippen LogP contribution is -1.98. The lowest BCUT2D eigenvalue weighted by atomic mass is 10.1. The van der Waals surface area contributed by atoms with E-state index in [-0.39, 0.29) is 5.97 Å². The third-order valence-electron chi connectivity index (χ3n) is 3.46. The first kappa shape index (κ1) is 20.8. The summed E-state index contributed by atoms with van der Waals surface area (Å²) in [4.78, 5) is 10.6. The van der Waals surface area contributed by atoms with Gasteiger partial charge in [0.15, 0.2) is 0 Å². The average Bonchev–Trinajstić information content (AvgIpc) is 2.50. The molecule has 0 saturated heterocycles. The third kappa shape index (κ3) is 18.8. The van der Waals surface area contributed by atoms with E-state index in [0.29, 0.717) is 6.61 Å². The van der Waals surface area contributed by atoms with Gasteiger partial charge in [-0.05, 0) is 32.1 Å². The zero-order valence-electron chi connectivity index (χ0n) is 14.7. The topological polar surface area (TPSA) is 26.3 Å². The zero-order valence-corrected chi connectivity index (χ0v) is 14.7. The summed E-state index contributed by atoms with van der Waals surface area (Å²) in [5.74, 6) is 6.33. The van der Waals surface area contributed by atoms with Gasteiger partial charge < -0.3 is 4.74 Å². The summed E-state index contributed by atoms with van der Waals surface area (Å²) in [6.45, 7) is 4.16. The molecule has 0 aliphatic carbocycles. The van der Waals surface area contributed by atoms with E-state index in [1.807, 2.05) is 0 Å². The van der Waals surface area contributed by atoms with E-state index in [9.17, 15) is 4.79 Å². The summed E-state index contributed by atoms with van der Waals surface area (Å²) in [7, 11) is 0. The van der Waals surface area contributed by atoms with E-state index in [4.69, 9.17) is 4.74 Å². The maximum absolute atomic E-state index is 10.6. The van der Waals surface area contributed by atoms with Crippen LogP contribution >= 0.6 is 0 Å². The normalized spacial score (nSPS) is 10.5. The molecule has 0 aromatic heterocycles. The Morgan fingerprint density at radius 1 is 0.864 bits per heavy atom. The predicted octanol–water partition coefficient (Wildman–Crippen LogP) is 5.81. The standard InChI is InChI=1S/C20H34O2/c1-3-4-5-6-7-8-9-10-11-12-13-14-15-16-17-18-19-22-20(2)21/h16-17H,3-5,8-15,18-19H2,1-2H3/b17-16+. The number of unbranched alkanes of at least 4 members (excludes halogenated alkanes) is 9. The van der Waals surface area contributed by atoms with Crippen molar-refractivity contribution in [2.45, 2.75) is 90.9 Å². The van der Waals surface area contributed by atoms with Gasteiger partial charge in [0.05, 0.1) is 6.61 Å². The number of carbonyl (C=O) groups excluding carboxylic acids is 1. The van der Waals surface area contributed by atoms with Crippen molar-refractivity contribution in [3.63, 3.8) is 0 Å². The molecule has 0 rings (SSSR count). The number of hydrogen-bond acceptors (Lipinski definition) is 2. The fourth-order valence-electron chi connectivity index (χ4n) is 2.13. The molecule has 0 radical (unpaired) electrons. The average molecular weight is 306 g/mol. The number of allylic oxidation sites excluding steroid dienone is 1. The quantitative estimate of drug-likeness (QED) is 0.186. The van der Waals surface area contributed by atoms with E-state index >= 15 is 0 Å². The van der Waals surface area contributed by atoms with Gasteiger partial charge in [0.25, 0.3) is 0 Å². The number of esters is 1. The van der Waals surface area contributed by atoms with Crippen LogP contribution in [0.2, 0.25) is 0 Å². The Balaban J connectivity index is 3.15. The maximum atomic E-state index is 10.6.